The largest absolute Gasteiger partial charge is 0.497 e. The van der Waals surface area contributed by atoms with E-state index < -0.39 is 34.4 Å². The van der Waals surface area contributed by atoms with E-state index >= 15 is 0 Å². The highest BCUT2D eigenvalue weighted by atomic mass is 35.6. The molecule has 0 amide bonds. The summed E-state index contributed by atoms with van der Waals surface area (Å²) >= 11 is 16.8. The Balaban J connectivity index is 0.000000308. The topological polar surface area (TPSA) is 165 Å². The molecule has 3 rings (SSSR count). The molecule has 2 fully saturated rings. The van der Waals surface area contributed by atoms with Gasteiger partial charge in [-0.05, 0) is 46.9 Å². The van der Waals surface area contributed by atoms with E-state index in [9.17, 15) is 9.90 Å². The molecule has 10 atom stereocenters. The molecule has 2 heterocycles. The predicted molar refractivity (Wildman–Crippen MR) is 167 cm³/mol. The van der Waals surface area contributed by atoms with Crippen LogP contribution < -0.4 is 4.74 Å². The quantitative estimate of drug-likeness (QED) is 0.0573. The second kappa shape index (κ2) is 17.6. The van der Waals surface area contributed by atoms with Crippen molar-refractivity contribution in [2.45, 2.75) is 82.8 Å². The lowest BCUT2D eigenvalue weighted by atomic mass is 9.79. The van der Waals surface area contributed by atoms with Crippen molar-refractivity contribution in [3.05, 3.63) is 40.3 Å². The van der Waals surface area contributed by atoms with Gasteiger partial charge in [-0.15, -0.1) is 0 Å². The minimum absolute atomic E-state index is 0.00118. The molecule has 2 aliphatic rings. The molecule has 0 radical (unpaired) electrons. The van der Waals surface area contributed by atoms with Gasteiger partial charge in [-0.3, -0.25) is 10.2 Å². The van der Waals surface area contributed by atoms with Crippen LogP contribution in [0.15, 0.2) is 29.4 Å². The highest BCUT2D eigenvalue weighted by molar-refractivity contribution is 6.76. The van der Waals surface area contributed by atoms with Crippen molar-refractivity contribution in [1.82, 2.24) is 0 Å². The number of nitrogens with one attached hydrogen (secondary N) is 1. The standard InChI is InChI=1S/C16H23N3O4.C13H20Cl3NO4/c1-10-11(2)16(18-19-17)23-14(15(10)20)9-22-8-12-4-6-13(21-3)7-5-12;1-6-7(2)10(5-19-9(4)18)20-11(8(6)3)21-12(17)13(14,15)16/h4-7,10-11,14-16,20H,8-9H2,1-3H3;6-8,10-11,17H,5H2,1-4H3/t10-,11?,14?,15+,16-;6-,7-,8?,10?,11-/m10/s1. The molecular weight excluding hydrogens is 639 g/mol. The molecule has 1 aromatic rings. The SMILES string of the molecule is CC(=O)OCC1O[C@@H](OC(=N)C(Cl)(Cl)Cl)C(C)[C@@H](C)[C@@H]1C.COc1ccc(COCC2O[C@@H](N=[N+]=[N-])C(C)[C@@H](C)[C@@H]2O)cc1. The lowest BCUT2D eigenvalue weighted by molar-refractivity contribution is -0.228. The molecule has 0 aromatic heterocycles. The zero-order chi connectivity index (χ0) is 33.2. The first kappa shape index (κ1) is 38.2. The van der Waals surface area contributed by atoms with Crippen LogP contribution in [0.5, 0.6) is 5.75 Å². The lowest BCUT2D eigenvalue weighted by Crippen LogP contribution is -2.50. The molecule has 4 unspecified atom stereocenters. The van der Waals surface area contributed by atoms with Crippen molar-refractivity contribution >= 4 is 46.7 Å². The van der Waals surface area contributed by atoms with Gasteiger partial charge in [0.05, 0.1) is 32.5 Å². The number of aliphatic hydroxyl groups is 1. The summed E-state index contributed by atoms with van der Waals surface area (Å²) in [6, 6.07) is 7.58. The van der Waals surface area contributed by atoms with Crippen LogP contribution in [-0.2, 0) is 35.1 Å². The highest BCUT2D eigenvalue weighted by Gasteiger charge is 2.43. The van der Waals surface area contributed by atoms with Gasteiger partial charge in [0.25, 0.3) is 3.79 Å². The van der Waals surface area contributed by atoms with Crippen molar-refractivity contribution in [3.8, 4) is 5.75 Å². The van der Waals surface area contributed by atoms with Crippen molar-refractivity contribution in [2.24, 2.45) is 34.7 Å². The Hall–Kier alpha value is -2.02. The third-order valence-corrected chi connectivity index (χ3v) is 8.83. The van der Waals surface area contributed by atoms with Crippen LogP contribution in [0.2, 0.25) is 0 Å². The lowest BCUT2D eigenvalue weighted by Gasteiger charge is -2.43. The number of benzene rings is 1. The first-order chi connectivity index (χ1) is 20.6. The maximum atomic E-state index is 10.9. The summed E-state index contributed by atoms with van der Waals surface area (Å²) in [6.07, 6.45) is -2.78. The maximum Gasteiger partial charge on any atom is 0.302 e. The van der Waals surface area contributed by atoms with E-state index in [1.165, 1.54) is 6.92 Å². The van der Waals surface area contributed by atoms with Crippen LogP contribution in [0.25, 0.3) is 10.4 Å². The van der Waals surface area contributed by atoms with Gasteiger partial charge in [-0.2, -0.15) is 0 Å². The zero-order valence-corrected chi connectivity index (χ0v) is 28.3. The molecule has 0 saturated carbocycles. The Labute approximate surface area is 273 Å². The number of aliphatic hydroxyl groups excluding tert-OH is 1. The van der Waals surface area contributed by atoms with E-state index in [1.807, 2.05) is 58.9 Å². The van der Waals surface area contributed by atoms with Gasteiger partial charge in [0, 0.05) is 17.8 Å². The first-order valence-corrected chi connectivity index (χ1v) is 15.4. The summed E-state index contributed by atoms with van der Waals surface area (Å²) in [5.41, 5.74) is 9.62. The van der Waals surface area contributed by atoms with E-state index in [0.717, 1.165) is 11.3 Å². The summed E-state index contributed by atoms with van der Waals surface area (Å²) in [7, 11) is 1.62. The Bertz CT molecular complexity index is 1120. The average Bonchev–Trinajstić information content (AvgIpc) is 2.98. The molecule has 0 bridgehead atoms. The number of azide groups is 1. The third kappa shape index (κ3) is 11.1. The van der Waals surface area contributed by atoms with E-state index in [-0.39, 0.29) is 54.9 Å². The number of carbonyl (C=O) groups is 1. The number of hydrogen-bond donors (Lipinski definition) is 2. The summed E-state index contributed by atoms with van der Waals surface area (Å²) < 4.78 is 30.6. The van der Waals surface area contributed by atoms with Gasteiger partial charge in [0.2, 0.25) is 12.2 Å². The molecule has 2 saturated heterocycles. The second-order valence-electron chi connectivity index (χ2n) is 11.2. The van der Waals surface area contributed by atoms with Crippen LogP contribution in [0.4, 0.5) is 0 Å². The maximum absolute atomic E-state index is 10.9. The number of nitrogens with zero attached hydrogens (tertiary/aromatic N) is 3. The molecule has 12 nitrogen and oxygen atoms in total. The number of methoxy groups -OCH3 is 1. The van der Waals surface area contributed by atoms with Crippen molar-refractivity contribution < 1.29 is 38.3 Å². The fourth-order valence-corrected chi connectivity index (χ4v) is 4.96. The third-order valence-electron chi connectivity index (χ3n) is 8.31. The van der Waals surface area contributed by atoms with Crippen molar-refractivity contribution in [3.63, 3.8) is 0 Å². The zero-order valence-electron chi connectivity index (χ0n) is 26.0. The van der Waals surface area contributed by atoms with E-state index in [0.29, 0.717) is 6.61 Å². The average molecular weight is 682 g/mol. The van der Waals surface area contributed by atoms with Gasteiger partial charge < -0.3 is 33.5 Å². The minimum atomic E-state index is -1.93. The van der Waals surface area contributed by atoms with Crippen LogP contribution in [0.3, 0.4) is 0 Å². The summed E-state index contributed by atoms with van der Waals surface area (Å²) in [5.74, 6) is 0.253. The Kier molecular flexibility index (Phi) is 15.3. The molecule has 0 aliphatic carbocycles. The molecule has 2 aliphatic heterocycles. The number of ether oxygens (including phenoxy) is 6. The number of rotatable bonds is 9. The van der Waals surface area contributed by atoms with Crippen LogP contribution in [0.1, 0.15) is 47.1 Å². The molecular formula is C29H43Cl3N4O8. The molecule has 248 valence electrons. The van der Waals surface area contributed by atoms with Crippen LogP contribution in [-0.4, -0.2) is 71.9 Å². The van der Waals surface area contributed by atoms with E-state index in [2.05, 4.69) is 10.0 Å². The summed E-state index contributed by atoms with van der Waals surface area (Å²) in [4.78, 5) is 13.7. The fraction of sp³-hybridized carbons (Fsp3) is 0.724. The number of carbonyl (C=O) groups excluding carboxylic acids is 1. The second-order valence-corrected chi connectivity index (χ2v) is 13.5. The van der Waals surface area contributed by atoms with Crippen molar-refractivity contribution in [1.29, 1.82) is 5.41 Å². The number of esters is 1. The number of hydrogen-bond acceptors (Lipinski definition) is 10. The van der Waals surface area contributed by atoms with Crippen LogP contribution in [0, 0.1) is 35.0 Å². The minimum Gasteiger partial charge on any atom is -0.497 e. The number of alkyl halides is 3. The van der Waals surface area contributed by atoms with E-state index in [1.54, 1.807) is 7.11 Å². The molecule has 44 heavy (non-hydrogen) atoms. The summed E-state index contributed by atoms with van der Waals surface area (Å²) in [5, 5.41) is 21.6. The predicted octanol–water partition coefficient (Wildman–Crippen LogP) is 6.43. The van der Waals surface area contributed by atoms with Gasteiger partial charge in [-0.25, -0.2) is 0 Å². The molecule has 0 spiro atoms. The van der Waals surface area contributed by atoms with Crippen molar-refractivity contribution in [2.75, 3.05) is 20.3 Å². The van der Waals surface area contributed by atoms with Gasteiger partial charge in [0.1, 0.15) is 24.7 Å². The molecule has 2 N–H and O–H groups in total. The molecule has 15 heteroatoms. The van der Waals surface area contributed by atoms with Crippen LogP contribution >= 0.6 is 34.8 Å². The normalized spacial score (nSPS) is 31.9. The smallest absolute Gasteiger partial charge is 0.302 e. The van der Waals surface area contributed by atoms with Gasteiger partial charge in [0.15, 0.2) is 0 Å². The Morgan fingerprint density at radius 3 is 2.18 bits per heavy atom. The highest BCUT2D eigenvalue weighted by Crippen LogP contribution is 2.38. The molecule has 1 aromatic carbocycles. The fourth-order valence-electron chi connectivity index (χ4n) is 4.82. The monoisotopic (exact) mass is 680 g/mol. The Morgan fingerprint density at radius 2 is 1.64 bits per heavy atom. The van der Waals surface area contributed by atoms with E-state index in [4.69, 9.17) is 74.2 Å². The number of halogens is 3. The van der Waals surface area contributed by atoms with Gasteiger partial charge >= 0.3 is 5.97 Å². The van der Waals surface area contributed by atoms with Gasteiger partial charge in [-0.1, -0.05) is 86.7 Å². The Morgan fingerprint density at radius 1 is 1.00 bits per heavy atom. The summed E-state index contributed by atoms with van der Waals surface area (Å²) in [6.45, 7) is 12.0. The first-order valence-electron chi connectivity index (χ1n) is 14.3.